The summed E-state index contributed by atoms with van der Waals surface area (Å²) in [7, 11) is 1.61. The lowest BCUT2D eigenvalue weighted by atomic mass is 9.98. The molecule has 2 aromatic carbocycles. The molecule has 1 aromatic heterocycles. The van der Waals surface area contributed by atoms with Gasteiger partial charge in [0, 0.05) is 35.2 Å². The van der Waals surface area contributed by atoms with Crippen molar-refractivity contribution < 1.29 is 9.53 Å². The number of methoxy groups -OCH3 is 1. The van der Waals surface area contributed by atoms with Gasteiger partial charge in [-0.05, 0) is 56.0 Å². The van der Waals surface area contributed by atoms with E-state index >= 15 is 0 Å². The Bertz CT molecular complexity index is 1090. The van der Waals surface area contributed by atoms with E-state index in [1.54, 1.807) is 23.9 Å². The zero-order valence-corrected chi connectivity index (χ0v) is 16.9. The van der Waals surface area contributed by atoms with E-state index in [-0.39, 0.29) is 17.5 Å². The van der Waals surface area contributed by atoms with E-state index in [2.05, 4.69) is 6.92 Å². The highest BCUT2D eigenvalue weighted by atomic mass is 16.5. The fraction of sp³-hybridized carbons (Fsp3) is 0.333. The van der Waals surface area contributed by atoms with Crippen molar-refractivity contribution in [2.75, 3.05) is 13.7 Å². The summed E-state index contributed by atoms with van der Waals surface area (Å²) in [4.78, 5) is 28.7. The summed E-state index contributed by atoms with van der Waals surface area (Å²) in [5, 5.41) is 1.27. The number of rotatable bonds is 4. The number of carbonyl (C=O) groups excluding carboxylic acids is 1. The predicted octanol–water partition coefficient (Wildman–Crippen LogP) is 4.40. The van der Waals surface area contributed by atoms with Crippen LogP contribution in [-0.2, 0) is 0 Å². The number of amides is 1. The van der Waals surface area contributed by atoms with Gasteiger partial charge in [0.15, 0.2) is 0 Å². The third kappa shape index (κ3) is 3.53. The highest BCUT2D eigenvalue weighted by Gasteiger charge is 2.28. The van der Waals surface area contributed by atoms with E-state index in [0.29, 0.717) is 22.0 Å². The molecule has 5 heteroatoms. The van der Waals surface area contributed by atoms with Crippen molar-refractivity contribution in [1.29, 1.82) is 0 Å². The van der Waals surface area contributed by atoms with Gasteiger partial charge >= 0.3 is 0 Å². The van der Waals surface area contributed by atoms with Crippen molar-refractivity contribution in [3.63, 3.8) is 0 Å². The SMILES string of the molecule is CCC1CCCCN1C(=O)c1cn(-c2ccc(OC)cc2)c(=O)c2ccccc12. The number of piperidine rings is 1. The predicted molar refractivity (Wildman–Crippen MR) is 115 cm³/mol. The normalized spacial score (nSPS) is 16.8. The second-order valence-corrected chi connectivity index (χ2v) is 7.52. The van der Waals surface area contributed by atoms with Crippen LogP contribution in [0.2, 0.25) is 0 Å². The molecule has 1 amide bonds. The maximum absolute atomic E-state index is 13.6. The minimum atomic E-state index is -0.131. The Morgan fingerprint density at radius 3 is 2.48 bits per heavy atom. The van der Waals surface area contributed by atoms with Crippen molar-refractivity contribution in [3.8, 4) is 11.4 Å². The molecule has 0 saturated carbocycles. The molecule has 1 saturated heterocycles. The molecular weight excluding hydrogens is 364 g/mol. The molecule has 29 heavy (non-hydrogen) atoms. The topological polar surface area (TPSA) is 51.5 Å². The van der Waals surface area contributed by atoms with Gasteiger partial charge < -0.3 is 9.64 Å². The largest absolute Gasteiger partial charge is 0.497 e. The molecule has 0 aliphatic carbocycles. The summed E-state index contributed by atoms with van der Waals surface area (Å²) >= 11 is 0. The standard InChI is InChI=1S/C24H26N2O3/c1-3-17-8-6-7-15-25(17)24(28)22-16-26(18-11-13-19(29-2)14-12-18)23(27)21-10-5-4-9-20(21)22/h4-5,9-14,16-17H,3,6-8,15H2,1-2H3. The summed E-state index contributed by atoms with van der Waals surface area (Å²) in [6.07, 6.45) is 5.88. The van der Waals surface area contributed by atoms with Crippen LogP contribution < -0.4 is 10.3 Å². The van der Waals surface area contributed by atoms with E-state index < -0.39 is 0 Å². The number of fused-ring (bicyclic) bond motifs is 1. The van der Waals surface area contributed by atoms with Gasteiger partial charge in [0.1, 0.15) is 5.75 Å². The summed E-state index contributed by atoms with van der Waals surface area (Å²) < 4.78 is 6.79. The number of carbonyl (C=O) groups is 1. The van der Waals surface area contributed by atoms with Gasteiger partial charge in [-0.25, -0.2) is 0 Å². The van der Waals surface area contributed by atoms with E-state index in [1.165, 1.54) is 0 Å². The number of likely N-dealkylation sites (tertiary alicyclic amines) is 1. The number of ether oxygens (including phenoxy) is 1. The smallest absolute Gasteiger partial charge is 0.262 e. The fourth-order valence-electron chi connectivity index (χ4n) is 4.24. The summed E-state index contributed by atoms with van der Waals surface area (Å²) in [5.41, 5.74) is 1.16. The van der Waals surface area contributed by atoms with Gasteiger partial charge in [0.05, 0.1) is 12.7 Å². The van der Waals surface area contributed by atoms with Gasteiger partial charge in [-0.1, -0.05) is 25.1 Å². The zero-order valence-electron chi connectivity index (χ0n) is 16.9. The average molecular weight is 390 g/mol. The van der Waals surface area contributed by atoms with Crippen LogP contribution >= 0.6 is 0 Å². The summed E-state index contributed by atoms with van der Waals surface area (Å²) in [6.45, 7) is 2.90. The van der Waals surface area contributed by atoms with E-state index in [9.17, 15) is 9.59 Å². The molecule has 0 radical (unpaired) electrons. The molecule has 3 aromatic rings. The van der Waals surface area contributed by atoms with Crippen LogP contribution in [0.1, 0.15) is 43.0 Å². The first-order valence-corrected chi connectivity index (χ1v) is 10.2. The molecule has 0 N–H and O–H groups in total. The molecule has 1 unspecified atom stereocenters. The summed E-state index contributed by atoms with van der Waals surface area (Å²) in [6, 6.07) is 14.9. The Balaban J connectivity index is 1.87. The van der Waals surface area contributed by atoms with Crippen molar-refractivity contribution in [2.45, 2.75) is 38.6 Å². The molecule has 1 atom stereocenters. The van der Waals surface area contributed by atoms with Crippen LogP contribution in [0.5, 0.6) is 5.75 Å². The average Bonchev–Trinajstić information content (AvgIpc) is 2.79. The monoisotopic (exact) mass is 390 g/mol. The van der Waals surface area contributed by atoms with Crippen LogP contribution in [0, 0.1) is 0 Å². The van der Waals surface area contributed by atoms with Gasteiger partial charge in [-0.3, -0.25) is 14.2 Å². The Morgan fingerprint density at radius 1 is 1.07 bits per heavy atom. The van der Waals surface area contributed by atoms with Gasteiger partial charge in [0.25, 0.3) is 11.5 Å². The summed E-state index contributed by atoms with van der Waals surface area (Å²) in [5.74, 6) is 0.730. The van der Waals surface area contributed by atoms with Gasteiger partial charge in [-0.2, -0.15) is 0 Å². The lowest BCUT2D eigenvalue weighted by molar-refractivity contribution is 0.0609. The maximum atomic E-state index is 13.6. The molecule has 1 aliphatic rings. The third-order valence-corrected chi connectivity index (χ3v) is 5.86. The second kappa shape index (κ2) is 8.11. The first-order chi connectivity index (χ1) is 14.1. The molecule has 0 spiro atoms. The van der Waals surface area contributed by atoms with Crippen LogP contribution in [0.15, 0.2) is 59.5 Å². The highest BCUT2D eigenvalue weighted by molar-refractivity contribution is 6.06. The quantitative estimate of drug-likeness (QED) is 0.663. The number of benzene rings is 2. The number of nitrogens with zero attached hydrogens (tertiary/aromatic N) is 2. The molecule has 5 nitrogen and oxygen atoms in total. The number of hydrogen-bond acceptors (Lipinski definition) is 3. The fourth-order valence-corrected chi connectivity index (χ4v) is 4.24. The lowest BCUT2D eigenvalue weighted by Gasteiger charge is -2.35. The number of hydrogen-bond donors (Lipinski definition) is 0. The van der Waals surface area contributed by atoms with Crippen LogP contribution in [0.25, 0.3) is 16.5 Å². The Labute approximate surface area is 170 Å². The van der Waals surface area contributed by atoms with E-state index in [0.717, 1.165) is 38.0 Å². The first-order valence-electron chi connectivity index (χ1n) is 10.2. The number of pyridine rings is 1. The Kier molecular flexibility index (Phi) is 5.38. The Hall–Kier alpha value is -3.08. The molecule has 1 fully saturated rings. The minimum absolute atomic E-state index is 0.00927. The zero-order chi connectivity index (χ0) is 20.4. The molecule has 150 valence electrons. The molecular formula is C24H26N2O3. The minimum Gasteiger partial charge on any atom is -0.497 e. The molecule has 2 heterocycles. The maximum Gasteiger partial charge on any atom is 0.262 e. The second-order valence-electron chi connectivity index (χ2n) is 7.52. The van der Waals surface area contributed by atoms with Crippen molar-refractivity contribution >= 4 is 16.7 Å². The molecule has 4 rings (SSSR count). The Morgan fingerprint density at radius 2 is 1.79 bits per heavy atom. The molecule has 0 bridgehead atoms. The van der Waals surface area contributed by atoms with Gasteiger partial charge in [-0.15, -0.1) is 0 Å². The van der Waals surface area contributed by atoms with Crippen LogP contribution in [0.4, 0.5) is 0 Å². The van der Waals surface area contributed by atoms with Gasteiger partial charge in [0.2, 0.25) is 0 Å². The lowest BCUT2D eigenvalue weighted by Crippen LogP contribution is -2.43. The number of aromatic nitrogens is 1. The van der Waals surface area contributed by atoms with Crippen LogP contribution in [0.3, 0.4) is 0 Å². The molecule has 1 aliphatic heterocycles. The van der Waals surface area contributed by atoms with Crippen molar-refractivity contribution in [2.24, 2.45) is 0 Å². The van der Waals surface area contributed by atoms with Crippen LogP contribution in [-0.4, -0.2) is 35.1 Å². The van der Waals surface area contributed by atoms with E-state index in [4.69, 9.17) is 4.74 Å². The van der Waals surface area contributed by atoms with Crippen molar-refractivity contribution in [3.05, 3.63) is 70.6 Å². The van der Waals surface area contributed by atoms with E-state index in [1.807, 2.05) is 47.4 Å². The third-order valence-electron chi connectivity index (χ3n) is 5.86. The van der Waals surface area contributed by atoms with Crippen molar-refractivity contribution in [1.82, 2.24) is 9.47 Å². The first kappa shape index (κ1) is 19.2. The highest BCUT2D eigenvalue weighted by Crippen LogP contribution is 2.25.